The van der Waals surface area contributed by atoms with Gasteiger partial charge < -0.3 is 4.74 Å². The molecule has 20 heavy (non-hydrogen) atoms. The number of benzene rings is 1. The van der Waals surface area contributed by atoms with Gasteiger partial charge in [-0.25, -0.2) is 9.48 Å². The first kappa shape index (κ1) is 13.8. The van der Waals surface area contributed by atoms with E-state index >= 15 is 0 Å². The van der Waals surface area contributed by atoms with Gasteiger partial charge in [-0.3, -0.25) is 0 Å². The van der Waals surface area contributed by atoms with Crippen LogP contribution in [0.2, 0.25) is 0 Å². The third-order valence-electron chi connectivity index (χ3n) is 2.96. The van der Waals surface area contributed by atoms with Crippen molar-refractivity contribution >= 4 is 5.97 Å². The van der Waals surface area contributed by atoms with E-state index in [0.29, 0.717) is 17.0 Å². The van der Waals surface area contributed by atoms with E-state index in [0.717, 1.165) is 5.69 Å². The molecule has 1 heterocycles. The van der Waals surface area contributed by atoms with E-state index < -0.39 is 12.1 Å². The van der Waals surface area contributed by atoms with Crippen LogP contribution in [-0.4, -0.2) is 21.9 Å². The Kier molecular flexibility index (Phi) is 3.85. The number of ether oxygens (including phenoxy) is 1. The zero-order valence-corrected chi connectivity index (χ0v) is 11.6. The van der Waals surface area contributed by atoms with Crippen LogP contribution in [0.3, 0.4) is 0 Å². The third kappa shape index (κ3) is 2.54. The van der Waals surface area contributed by atoms with E-state index in [1.165, 1.54) is 6.92 Å². The lowest BCUT2D eigenvalue weighted by molar-refractivity contribution is 0.0434. The van der Waals surface area contributed by atoms with Crippen molar-refractivity contribution < 1.29 is 9.53 Å². The number of esters is 1. The number of aromatic nitrogens is 2. The van der Waals surface area contributed by atoms with Crippen LogP contribution < -0.4 is 0 Å². The molecule has 5 heteroatoms. The predicted molar refractivity (Wildman–Crippen MR) is 73.5 cm³/mol. The van der Waals surface area contributed by atoms with Crippen LogP contribution in [0.1, 0.15) is 28.7 Å². The van der Waals surface area contributed by atoms with Gasteiger partial charge in [-0.1, -0.05) is 18.2 Å². The second-order valence-electron chi connectivity index (χ2n) is 4.47. The van der Waals surface area contributed by atoms with Gasteiger partial charge in [-0.15, -0.1) is 0 Å². The molecule has 2 rings (SSSR count). The van der Waals surface area contributed by atoms with Gasteiger partial charge in [0.2, 0.25) is 0 Å². The first-order chi connectivity index (χ1) is 9.54. The highest BCUT2D eigenvalue weighted by atomic mass is 16.5. The van der Waals surface area contributed by atoms with Crippen LogP contribution in [-0.2, 0) is 4.74 Å². The Hall–Kier alpha value is -2.61. The molecule has 0 aliphatic carbocycles. The van der Waals surface area contributed by atoms with E-state index in [1.54, 1.807) is 18.5 Å². The van der Waals surface area contributed by atoms with Crippen molar-refractivity contribution in [1.82, 2.24) is 9.78 Å². The maximum Gasteiger partial charge on any atom is 0.343 e. The smallest absolute Gasteiger partial charge is 0.343 e. The highest BCUT2D eigenvalue weighted by Gasteiger charge is 2.22. The van der Waals surface area contributed by atoms with Gasteiger partial charge in [0.1, 0.15) is 11.6 Å². The summed E-state index contributed by atoms with van der Waals surface area (Å²) in [4.78, 5) is 12.1. The first-order valence-electron chi connectivity index (χ1n) is 6.27. The SMILES string of the molecule is Cc1nn(-c2ccccc2)c(C)c1C(=O)O[C@H](C)C#N. The fourth-order valence-corrected chi connectivity index (χ4v) is 2.00. The number of carbonyl (C=O) groups excluding carboxylic acids is 1. The maximum absolute atomic E-state index is 12.1. The summed E-state index contributed by atoms with van der Waals surface area (Å²) in [6.07, 6.45) is -0.777. The number of carbonyl (C=O) groups is 1. The summed E-state index contributed by atoms with van der Waals surface area (Å²) in [6.45, 7) is 5.09. The minimum Gasteiger partial charge on any atom is -0.444 e. The summed E-state index contributed by atoms with van der Waals surface area (Å²) in [6, 6.07) is 11.4. The molecule has 1 aromatic heterocycles. The number of aryl methyl sites for hydroxylation is 1. The maximum atomic E-state index is 12.1. The van der Waals surface area contributed by atoms with E-state index in [2.05, 4.69) is 5.10 Å². The van der Waals surface area contributed by atoms with Crippen molar-refractivity contribution in [2.45, 2.75) is 26.9 Å². The van der Waals surface area contributed by atoms with Crippen molar-refractivity contribution in [3.05, 3.63) is 47.3 Å². The van der Waals surface area contributed by atoms with Crippen LogP contribution in [0.25, 0.3) is 5.69 Å². The molecule has 102 valence electrons. The molecule has 0 spiro atoms. The largest absolute Gasteiger partial charge is 0.444 e. The predicted octanol–water partition coefficient (Wildman–Crippen LogP) is 2.56. The highest BCUT2D eigenvalue weighted by Crippen LogP contribution is 2.19. The summed E-state index contributed by atoms with van der Waals surface area (Å²) < 4.78 is 6.74. The second kappa shape index (κ2) is 5.57. The average molecular weight is 269 g/mol. The van der Waals surface area contributed by atoms with Crippen LogP contribution >= 0.6 is 0 Å². The van der Waals surface area contributed by atoms with E-state index in [1.807, 2.05) is 36.4 Å². The molecule has 0 amide bonds. The second-order valence-corrected chi connectivity index (χ2v) is 4.47. The Labute approximate surface area is 117 Å². The third-order valence-corrected chi connectivity index (χ3v) is 2.96. The molecule has 0 saturated heterocycles. The molecule has 0 aliphatic rings. The Bertz CT molecular complexity index is 668. The van der Waals surface area contributed by atoms with Crippen LogP contribution in [0.4, 0.5) is 0 Å². The summed E-state index contributed by atoms with van der Waals surface area (Å²) in [5.74, 6) is -0.517. The van der Waals surface area contributed by atoms with Gasteiger partial charge in [0.15, 0.2) is 6.10 Å². The lowest BCUT2D eigenvalue weighted by Crippen LogP contribution is -2.14. The summed E-state index contributed by atoms with van der Waals surface area (Å²) in [7, 11) is 0. The number of nitrogens with zero attached hydrogens (tertiary/aromatic N) is 3. The lowest BCUT2D eigenvalue weighted by Gasteiger charge is -2.07. The molecule has 5 nitrogen and oxygen atoms in total. The molecule has 0 aliphatic heterocycles. The Morgan fingerprint density at radius 3 is 2.60 bits per heavy atom. The van der Waals surface area contributed by atoms with E-state index in [4.69, 9.17) is 10.00 Å². The molecule has 0 saturated carbocycles. The van der Waals surface area contributed by atoms with Gasteiger partial charge in [0.25, 0.3) is 0 Å². The summed E-state index contributed by atoms with van der Waals surface area (Å²) >= 11 is 0. The minimum absolute atomic E-state index is 0.413. The molecule has 2 aromatic rings. The standard InChI is InChI=1S/C15H15N3O2/c1-10(9-16)20-15(19)14-11(2)17-18(12(14)3)13-7-5-4-6-8-13/h4-8,10H,1-3H3/t10-/m1/s1. The molecule has 0 unspecified atom stereocenters. The van der Waals surface area contributed by atoms with E-state index in [9.17, 15) is 4.79 Å². The molecule has 0 radical (unpaired) electrons. The fourth-order valence-electron chi connectivity index (χ4n) is 2.00. The topological polar surface area (TPSA) is 67.9 Å². The number of para-hydroxylation sites is 1. The molecular weight excluding hydrogens is 254 g/mol. The highest BCUT2D eigenvalue weighted by molar-refractivity contribution is 5.92. The molecule has 0 fully saturated rings. The van der Waals surface area contributed by atoms with Crippen molar-refractivity contribution in [3.8, 4) is 11.8 Å². The lowest BCUT2D eigenvalue weighted by atomic mass is 10.2. The summed E-state index contributed by atoms with van der Waals surface area (Å²) in [5, 5.41) is 13.1. The van der Waals surface area contributed by atoms with Crippen molar-refractivity contribution in [2.24, 2.45) is 0 Å². The summed E-state index contributed by atoms with van der Waals surface area (Å²) in [5.41, 5.74) is 2.57. The molecule has 0 N–H and O–H groups in total. The van der Waals surface area contributed by atoms with E-state index in [-0.39, 0.29) is 0 Å². The average Bonchev–Trinajstić information content (AvgIpc) is 2.74. The number of rotatable bonds is 3. The van der Waals surface area contributed by atoms with Gasteiger partial charge in [-0.2, -0.15) is 10.4 Å². The quantitative estimate of drug-likeness (QED) is 0.803. The van der Waals surface area contributed by atoms with Gasteiger partial charge in [0, 0.05) is 0 Å². The first-order valence-corrected chi connectivity index (χ1v) is 6.27. The normalized spacial score (nSPS) is 11.7. The Morgan fingerprint density at radius 1 is 1.35 bits per heavy atom. The van der Waals surface area contributed by atoms with Crippen LogP contribution in [0.15, 0.2) is 30.3 Å². The van der Waals surface area contributed by atoms with Crippen molar-refractivity contribution in [3.63, 3.8) is 0 Å². The van der Waals surface area contributed by atoms with Gasteiger partial charge >= 0.3 is 5.97 Å². The Morgan fingerprint density at radius 2 is 2.00 bits per heavy atom. The Balaban J connectivity index is 2.40. The molecule has 0 bridgehead atoms. The molecule has 1 aromatic carbocycles. The van der Waals surface area contributed by atoms with Gasteiger partial charge in [0.05, 0.1) is 17.1 Å². The van der Waals surface area contributed by atoms with Crippen molar-refractivity contribution in [2.75, 3.05) is 0 Å². The van der Waals surface area contributed by atoms with Crippen LogP contribution in [0, 0.1) is 25.2 Å². The zero-order chi connectivity index (χ0) is 14.7. The fraction of sp³-hybridized carbons (Fsp3) is 0.267. The van der Waals surface area contributed by atoms with Gasteiger partial charge in [-0.05, 0) is 32.9 Å². The number of hydrogen-bond acceptors (Lipinski definition) is 4. The zero-order valence-electron chi connectivity index (χ0n) is 11.6. The van der Waals surface area contributed by atoms with Crippen LogP contribution in [0.5, 0.6) is 0 Å². The number of nitriles is 1. The van der Waals surface area contributed by atoms with Crippen molar-refractivity contribution in [1.29, 1.82) is 5.26 Å². The number of hydrogen-bond donors (Lipinski definition) is 0. The molecular formula is C15H15N3O2. The monoisotopic (exact) mass is 269 g/mol. The molecule has 1 atom stereocenters. The minimum atomic E-state index is -0.777.